The van der Waals surface area contributed by atoms with Gasteiger partial charge >= 0.3 is 6.09 Å². The van der Waals surface area contributed by atoms with Crippen LogP contribution in [0.15, 0.2) is 12.3 Å². The average molecular weight is 514 g/mol. The summed E-state index contributed by atoms with van der Waals surface area (Å²) in [7, 11) is 0. The van der Waals surface area contributed by atoms with E-state index < -0.39 is 6.09 Å². The van der Waals surface area contributed by atoms with Crippen LogP contribution in [0.2, 0.25) is 0 Å². The number of carboxylic acid groups (broad SMARTS) is 1. The summed E-state index contributed by atoms with van der Waals surface area (Å²) in [5.74, 6) is 0.716. The molecule has 2 fully saturated rings. The lowest BCUT2D eigenvalue weighted by molar-refractivity contribution is 0.0429. The number of aromatic nitrogens is 3. The van der Waals surface area contributed by atoms with Crippen molar-refractivity contribution in [1.29, 1.82) is 0 Å². The van der Waals surface area contributed by atoms with Crippen LogP contribution in [0.1, 0.15) is 51.9 Å². The Hall–Kier alpha value is -1.62. The molecule has 1 N–H and O–H groups in total. The van der Waals surface area contributed by atoms with E-state index in [4.69, 9.17) is 9.47 Å². The molecule has 1 aliphatic carbocycles. The second-order valence-electron chi connectivity index (χ2n) is 8.25. The molecule has 0 bridgehead atoms. The van der Waals surface area contributed by atoms with Crippen LogP contribution < -0.4 is 9.64 Å². The topological polar surface area (TPSA) is 89.2 Å². The van der Waals surface area contributed by atoms with E-state index in [1.807, 2.05) is 0 Å². The number of fused-ring (bicyclic) bond motifs is 1. The molecule has 0 radical (unpaired) electrons. The highest BCUT2D eigenvalue weighted by Gasteiger charge is 2.31. The minimum atomic E-state index is -0.988. The first-order chi connectivity index (χ1) is 14.0. The van der Waals surface area contributed by atoms with E-state index >= 15 is 0 Å². The lowest BCUT2D eigenvalue weighted by Gasteiger charge is -2.34. The summed E-state index contributed by atoms with van der Waals surface area (Å²) in [6, 6.07) is 1.74. The molecule has 2 aromatic heterocycles. The summed E-state index contributed by atoms with van der Waals surface area (Å²) in [5.41, 5.74) is 0.790. The zero-order chi connectivity index (χ0) is 20.4. The van der Waals surface area contributed by atoms with Crippen LogP contribution in [0.4, 0.5) is 10.5 Å². The van der Waals surface area contributed by atoms with Crippen molar-refractivity contribution in [2.45, 2.75) is 57.5 Å². The maximum Gasteiger partial charge on any atom is 0.411 e. The van der Waals surface area contributed by atoms with Crippen molar-refractivity contribution in [1.82, 2.24) is 14.6 Å². The van der Waals surface area contributed by atoms with Crippen LogP contribution in [0, 0.1) is 9.62 Å². The average Bonchev–Trinajstić information content (AvgIpc) is 3.07. The molecule has 0 aromatic carbocycles. The molecule has 1 saturated heterocycles. The summed E-state index contributed by atoms with van der Waals surface area (Å²) in [6.45, 7) is 3.89. The van der Waals surface area contributed by atoms with Gasteiger partial charge in [0.15, 0.2) is 5.65 Å². The maximum absolute atomic E-state index is 12.2. The molecule has 9 heteroatoms. The minimum Gasteiger partial charge on any atom is -0.470 e. The predicted octanol–water partition coefficient (Wildman–Crippen LogP) is 4.35. The standard InChI is InChI=1S/C20H27IN4O4/c1-20(7-3-2-4-8-20)29-17-11-15(18-22-12-16(21)25(18)23-17)24(19(26)27)13-14-5-9-28-10-6-14/h11-12,14H,2-10,13H2,1H3,(H,26,27). The number of ether oxygens (including phenoxy) is 2. The zero-order valence-electron chi connectivity index (χ0n) is 16.6. The van der Waals surface area contributed by atoms with Crippen molar-refractivity contribution < 1.29 is 19.4 Å². The molecular formula is C20H27IN4O4. The van der Waals surface area contributed by atoms with Crippen LogP contribution in [-0.4, -0.2) is 51.2 Å². The molecule has 2 aliphatic rings. The number of amides is 1. The van der Waals surface area contributed by atoms with Crippen molar-refractivity contribution >= 4 is 40.0 Å². The Kier molecular flexibility index (Phi) is 6.14. The fraction of sp³-hybridized carbons (Fsp3) is 0.650. The number of imidazole rings is 1. The van der Waals surface area contributed by atoms with Crippen LogP contribution in [0.5, 0.6) is 5.88 Å². The molecule has 3 heterocycles. The summed E-state index contributed by atoms with van der Waals surface area (Å²) in [5, 5.41) is 14.6. The molecule has 1 amide bonds. The van der Waals surface area contributed by atoms with Gasteiger partial charge in [-0.1, -0.05) is 6.42 Å². The van der Waals surface area contributed by atoms with Gasteiger partial charge in [0.2, 0.25) is 5.88 Å². The molecule has 158 valence electrons. The van der Waals surface area contributed by atoms with Gasteiger partial charge in [0, 0.05) is 25.8 Å². The van der Waals surface area contributed by atoms with Crippen LogP contribution >= 0.6 is 22.6 Å². The van der Waals surface area contributed by atoms with E-state index in [1.165, 1.54) is 11.3 Å². The molecule has 1 aliphatic heterocycles. The fourth-order valence-corrected chi connectivity index (χ4v) is 4.75. The van der Waals surface area contributed by atoms with E-state index in [1.54, 1.807) is 16.8 Å². The van der Waals surface area contributed by atoms with E-state index in [0.717, 1.165) is 42.2 Å². The number of carbonyl (C=O) groups is 1. The molecule has 2 aromatic rings. The molecule has 0 atom stereocenters. The summed E-state index contributed by atoms with van der Waals surface area (Å²) in [4.78, 5) is 18.0. The quantitative estimate of drug-likeness (QED) is 0.598. The number of hydrogen-bond acceptors (Lipinski definition) is 5. The minimum absolute atomic E-state index is 0.266. The van der Waals surface area contributed by atoms with E-state index in [2.05, 4.69) is 39.6 Å². The lowest BCUT2D eigenvalue weighted by Crippen LogP contribution is -2.37. The van der Waals surface area contributed by atoms with Gasteiger partial charge < -0.3 is 14.6 Å². The lowest BCUT2D eigenvalue weighted by atomic mass is 9.86. The molecule has 1 saturated carbocycles. The van der Waals surface area contributed by atoms with Gasteiger partial charge in [-0.3, -0.25) is 4.90 Å². The molecule has 29 heavy (non-hydrogen) atoms. The van der Waals surface area contributed by atoms with Gasteiger partial charge in [-0.05, 0) is 74.0 Å². The fourth-order valence-electron chi connectivity index (χ4n) is 4.27. The largest absolute Gasteiger partial charge is 0.470 e. The highest BCUT2D eigenvalue weighted by atomic mass is 127. The van der Waals surface area contributed by atoms with Gasteiger partial charge in [0.1, 0.15) is 9.30 Å². The Labute approximate surface area is 183 Å². The van der Waals surface area contributed by atoms with Gasteiger partial charge in [-0.25, -0.2) is 14.3 Å². The number of anilines is 1. The van der Waals surface area contributed by atoms with Crippen LogP contribution in [0.3, 0.4) is 0 Å². The first kappa shape index (κ1) is 20.6. The van der Waals surface area contributed by atoms with Crippen molar-refractivity contribution in [3.8, 4) is 5.88 Å². The number of halogens is 1. The van der Waals surface area contributed by atoms with Crippen LogP contribution in [-0.2, 0) is 4.74 Å². The van der Waals surface area contributed by atoms with Crippen molar-refractivity contribution in [3.05, 3.63) is 16.0 Å². The van der Waals surface area contributed by atoms with Gasteiger partial charge in [0.25, 0.3) is 0 Å². The van der Waals surface area contributed by atoms with Crippen molar-refractivity contribution in [2.75, 3.05) is 24.7 Å². The Balaban J connectivity index is 1.69. The molecule has 8 nitrogen and oxygen atoms in total. The normalized spacial score (nSPS) is 19.9. The van der Waals surface area contributed by atoms with E-state index in [9.17, 15) is 9.90 Å². The van der Waals surface area contributed by atoms with Gasteiger partial charge in [-0.15, -0.1) is 5.10 Å². The number of rotatable bonds is 5. The first-order valence-corrected chi connectivity index (χ1v) is 11.3. The molecule has 4 rings (SSSR count). The summed E-state index contributed by atoms with van der Waals surface area (Å²) in [6.07, 6.45) is 7.90. The third kappa shape index (κ3) is 4.60. The van der Waals surface area contributed by atoms with E-state index in [-0.39, 0.29) is 11.5 Å². The third-order valence-electron chi connectivity index (χ3n) is 5.95. The van der Waals surface area contributed by atoms with Gasteiger partial charge in [-0.2, -0.15) is 0 Å². The monoisotopic (exact) mass is 514 g/mol. The Bertz CT molecular complexity index is 875. The Morgan fingerprint density at radius 2 is 2.10 bits per heavy atom. The molecule has 0 unspecified atom stereocenters. The maximum atomic E-state index is 12.2. The Morgan fingerprint density at radius 1 is 1.38 bits per heavy atom. The molecule has 0 spiro atoms. The molecular weight excluding hydrogens is 487 g/mol. The number of hydrogen-bond donors (Lipinski definition) is 1. The third-order valence-corrected chi connectivity index (χ3v) is 6.69. The Morgan fingerprint density at radius 3 is 2.79 bits per heavy atom. The second-order valence-corrected chi connectivity index (χ2v) is 9.35. The first-order valence-electron chi connectivity index (χ1n) is 10.3. The summed E-state index contributed by atoms with van der Waals surface area (Å²) >= 11 is 2.16. The van der Waals surface area contributed by atoms with Crippen LogP contribution in [0.25, 0.3) is 5.65 Å². The smallest absolute Gasteiger partial charge is 0.411 e. The SMILES string of the molecule is CC1(Oc2cc(N(CC3CCOCC3)C(=O)O)c3ncc(I)n3n2)CCCCC1. The zero-order valence-corrected chi connectivity index (χ0v) is 18.8. The van der Waals surface area contributed by atoms with Crippen molar-refractivity contribution in [3.63, 3.8) is 0 Å². The van der Waals surface area contributed by atoms with E-state index in [0.29, 0.717) is 37.0 Å². The van der Waals surface area contributed by atoms with Gasteiger partial charge in [0.05, 0.1) is 11.9 Å². The summed E-state index contributed by atoms with van der Waals surface area (Å²) < 4.78 is 14.2. The highest BCUT2D eigenvalue weighted by molar-refractivity contribution is 14.1. The van der Waals surface area contributed by atoms with Crippen molar-refractivity contribution in [2.24, 2.45) is 5.92 Å². The highest BCUT2D eigenvalue weighted by Crippen LogP contribution is 2.34. The predicted molar refractivity (Wildman–Crippen MR) is 117 cm³/mol. The second kappa shape index (κ2) is 8.63. The number of nitrogens with zero attached hydrogens (tertiary/aromatic N) is 4.